The molecule has 2 aliphatic rings. The monoisotopic (exact) mass is 507 g/mol. The summed E-state index contributed by atoms with van der Waals surface area (Å²) >= 11 is 12.4. The molecule has 1 aromatic carbocycles. The highest BCUT2D eigenvalue weighted by atomic mass is 35.5. The Morgan fingerprint density at radius 2 is 1.71 bits per heavy atom. The molecule has 2 amide bonds. The average molecular weight is 508 g/mol. The average Bonchev–Trinajstić information content (AvgIpc) is 2.85. The zero-order valence-corrected chi connectivity index (χ0v) is 20.2. The lowest BCUT2D eigenvalue weighted by molar-refractivity contribution is -0.136. The smallest absolute Gasteiger partial charge is 0.255 e. The van der Waals surface area contributed by atoms with E-state index in [9.17, 15) is 9.59 Å². The summed E-state index contributed by atoms with van der Waals surface area (Å²) in [5, 5.41) is 0.965. The molecule has 9 nitrogen and oxygen atoms in total. The number of carbonyl (C=O) groups excluding carboxylic acids is 2. The number of nitrogen functional groups attached to an aromatic ring is 1. The number of halogens is 2. The molecule has 3 heterocycles. The Hall–Kier alpha value is -2.59. The van der Waals surface area contributed by atoms with Crippen molar-refractivity contribution < 1.29 is 19.1 Å². The van der Waals surface area contributed by atoms with Gasteiger partial charge in [0.05, 0.1) is 25.3 Å². The van der Waals surface area contributed by atoms with Gasteiger partial charge in [-0.05, 0) is 18.2 Å². The van der Waals surface area contributed by atoms with Crippen molar-refractivity contribution in [2.75, 3.05) is 64.8 Å². The molecule has 1 aromatic heterocycles. The number of hydrogen-bond acceptors (Lipinski definition) is 7. The lowest BCUT2D eigenvalue weighted by Gasteiger charge is -2.36. The van der Waals surface area contributed by atoms with Crippen LogP contribution in [0.2, 0.25) is 10.0 Å². The highest BCUT2D eigenvalue weighted by molar-refractivity contribution is 6.35. The molecule has 11 heteroatoms. The van der Waals surface area contributed by atoms with Crippen LogP contribution in [-0.4, -0.2) is 90.5 Å². The molecule has 4 rings (SSSR count). The molecule has 34 heavy (non-hydrogen) atoms. The topological polar surface area (TPSA) is 101 Å². The van der Waals surface area contributed by atoms with E-state index in [1.165, 1.54) is 6.20 Å². The molecule has 0 radical (unpaired) electrons. The first-order valence-corrected chi connectivity index (χ1v) is 11.9. The number of morpholine rings is 1. The maximum atomic E-state index is 13.1. The van der Waals surface area contributed by atoms with Crippen LogP contribution in [0.4, 0.5) is 5.82 Å². The van der Waals surface area contributed by atoms with Crippen molar-refractivity contribution in [1.29, 1.82) is 0 Å². The van der Waals surface area contributed by atoms with Gasteiger partial charge in [0.15, 0.2) is 11.6 Å². The van der Waals surface area contributed by atoms with E-state index in [-0.39, 0.29) is 30.0 Å². The molecule has 2 fully saturated rings. The SMILES string of the molecule is Nc1ncc(C(=O)N2CCN(CC(=O)N3CCOCC3)CC2)cc1OCc1c(Cl)cccc1Cl. The Balaban J connectivity index is 1.33. The Kier molecular flexibility index (Phi) is 8.10. The predicted molar refractivity (Wildman–Crippen MR) is 129 cm³/mol. The number of aromatic nitrogens is 1. The fraction of sp³-hybridized carbons (Fsp3) is 0.435. The van der Waals surface area contributed by atoms with Gasteiger partial charge in [-0.15, -0.1) is 0 Å². The molecule has 2 aliphatic heterocycles. The number of carbonyl (C=O) groups is 2. The first-order valence-electron chi connectivity index (χ1n) is 11.1. The fourth-order valence-corrected chi connectivity index (χ4v) is 4.41. The van der Waals surface area contributed by atoms with Gasteiger partial charge < -0.3 is 25.0 Å². The van der Waals surface area contributed by atoms with E-state index < -0.39 is 0 Å². The summed E-state index contributed by atoms with van der Waals surface area (Å²) in [7, 11) is 0. The summed E-state index contributed by atoms with van der Waals surface area (Å²) in [5.41, 5.74) is 6.97. The molecule has 2 N–H and O–H groups in total. The number of pyridine rings is 1. The lowest BCUT2D eigenvalue weighted by atomic mass is 10.2. The van der Waals surface area contributed by atoms with Crippen LogP contribution >= 0.6 is 23.2 Å². The molecule has 0 atom stereocenters. The van der Waals surface area contributed by atoms with Gasteiger partial charge >= 0.3 is 0 Å². The van der Waals surface area contributed by atoms with Crippen molar-refractivity contribution >= 4 is 40.8 Å². The molecule has 0 saturated carbocycles. The molecule has 0 spiro atoms. The van der Waals surface area contributed by atoms with Gasteiger partial charge in [0.2, 0.25) is 5.91 Å². The standard InChI is InChI=1S/C23H27Cl2N5O4/c24-18-2-1-3-19(25)17(18)15-34-20-12-16(13-27-22(20)26)23(32)30-6-4-28(5-7-30)14-21(31)29-8-10-33-11-9-29/h1-3,12-13H,4-11,14-15H2,(H2,26,27). The second kappa shape index (κ2) is 11.2. The minimum Gasteiger partial charge on any atom is -0.485 e. The minimum atomic E-state index is -0.160. The van der Waals surface area contributed by atoms with Gasteiger partial charge in [-0.3, -0.25) is 14.5 Å². The third-order valence-electron chi connectivity index (χ3n) is 5.94. The number of hydrogen-bond donors (Lipinski definition) is 1. The van der Waals surface area contributed by atoms with Crippen LogP contribution in [0.1, 0.15) is 15.9 Å². The number of nitrogens with zero attached hydrogens (tertiary/aromatic N) is 4. The zero-order valence-electron chi connectivity index (χ0n) is 18.7. The fourth-order valence-electron chi connectivity index (χ4n) is 3.90. The lowest BCUT2D eigenvalue weighted by Crippen LogP contribution is -2.52. The minimum absolute atomic E-state index is 0.0951. The van der Waals surface area contributed by atoms with E-state index in [4.69, 9.17) is 38.4 Å². The maximum absolute atomic E-state index is 13.1. The summed E-state index contributed by atoms with van der Waals surface area (Å²) in [5.74, 6) is 0.404. The van der Waals surface area contributed by atoms with Crippen molar-refractivity contribution in [3.8, 4) is 5.75 Å². The van der Waals surface area contributed by atoms with Crippen LogP contribution < -0.4 is 10.5 Å². The van der Waals surface area contributed by atoms with Crippen LogP contribution in [0.15, 0.2) is 30.5 Å². The third-order valence-corrected chi connectivity index (χ3v) is 6.65. The van der Waals surface area contributed by atoms with Crippen molar-refractivity contribution in [3.05, 3.63) is 51.6 Å². The van der Waals surface area contributed by atoms with E-state index in [0.717, 1.165) is 0 Å². The summed E-state index contributed by atoms with van der Waals surface area (Å²) in [6, 6.07) is 6.79. The molecule has 0 aliphatic carbocycles. The Bertz CT molecular complexity index is 1020. The van der Waals surface area contributed by atoms with Gasteiger partial charge in [0.25, 0.3) is 5.91 Å². The molecule has 2 saturated heterocycles. The van der Waals surface area contributed by atoms with Crippen LogP contribution in [-0.2, 0) is 16.1 Å². The summed E-state index contributed by atoms with van der Waals surface area (Å²) in [6.07, 6.45) is 1.45. The van der Waals surface area contributed by atoms with Gasteiger partial charge in [-0.25, -0.2) is 4.98 Å². The van der Waals surface area contributed by atoms with E-state index in [2.05, 4.69) is 9.88 Å². The van der Waals surface area contributed by atoms with E-state index in [0.29, 0.717) is 80.2 Å². The quantitative estimate of drug-likeness (QED) is 0.638. The largest absolute Gasteiger partial charge is 0.485 e. The van der Waals surface area contributed by atoms with E-state index in [1.54, 1.807) is 29.2 Å². The molecule has 2 aromatic rings. The first-order chi connectivity index (χ1) is 16.4. The molecule has 0 unspecified atom stereocenters. The molecule has 0 bridgehead atoms. The third kappa shape index (κ3) is 5.90. The van der Waals surface area contributed by atoms with Gasteiger partial charge in [-0.2, -0.15) is 0 Å². The zero-order chi connectivity index (χ0) is 24.1. The van der Waals surface area contributed by atoms with E-state index in [1.807, 2.05) is 4.90 Å². The summed E-state index contributed by atoms with van der Waals surface area (Å²) in [6.45, 7) is 5.17. The van der Waals surface area contributed by atoms with Crippen molar-refractivity contribution in [1.82, 2.24) is 19.7 Å². The molecule has 182 valence electrons. The highest BCUT2D eigenvalue weighted by Gasteiger charge is 2.26. The van der Waals surface area contributed by atoms with Crippen LogP contribution in [0.3, 0.4) is 0 Å². The van der Waals surface area contributed by atoms with Crippen LogP contribution in [0.25, 0.3) is 0 Å². The summed E-state index contributed by atoms with van der Waals surface area (Å²) in [4.78, 5) is 35.3. The Labute approximate surface area is 208 Å². The first kappa shape index (κ1) is 24.5. The second-order valence-electron chi connectivity index (χ2n) is 8.16. The van der Waals surface area contributed by atoms with Crippen molar-refractivity contribution in [3.63, 3.8) is 0 Å². The van der Waals surface area contributed by atoms with Crippen LogP contribution in [0, 0.1) is 0 Å². The Morgan fingerprint density at radius 3 is 2.38 bits per heavy atom. The number of rotatable bonds is 6. The highest BCUT2D eigenvalue weighted by Crippen LogP contribution is 2.28. The number of amides is 2. The normalized spacial score (nSPS) is 17.0. The van der Waals surface area contributed by atoms with Gasteiger partial charge in [0, 0.05) is 61.1 Å². The number of piperazine rings is 1. The second-order valence-corrected chi connectivity index (χ2v) is 8.97. The number of nitrogens with two attached hydrogens (primary N) is 1. The Morgan fingerprint density at radius 1 is 1.03 bits per heavy atom. The number of anilines is 1. The predicted octanol–water partition coefficient (Wildman–Crippen LogP) is 2.17. The molecular weight excluding hydrogens is 481 g/mol. The molecular formula is C23H27Cl2N5O4. The maximum Gasteiger partial charge on any atom is 0.255 e. The number of ether oxygens (including phenoxy) is 2. The van der Waals surface area contributed by atoms with Crippen molar-refractivity contribution in [2.45, 2.75) is 6.61 Å². The van der Waals surface area contributed by atoms with Gasteiger partial charge in [0.1, 0.15) is 6.61 Å². The summed E-state index contributed by atoms with van der Waals surface area (Å²) < 4.78 is 11.1. The van der Waals surface area contributed by atoms with Crippen molar-refractivity contribution in [2.24, 2.45) is 0 Å². The van der Waals surface area contributed by atoms with Crippen LogP contribution in [0.5, 0.6) is 5.75 Å². The number of benzene rings is 1. The van der Waals surface area contributed by atoms with E-state index >= 15 is 0 Å². The van der Waals surface area contributed by atoms with Gasteiger partial charge in [-0.1, -0.05) is 29.3 Å².